The number of primary amides is 1. The number of hydrogen-bond donors (Lipinski definition) is 2. The van der Waals surface area contributed by atoms with Gasteiger partial charge in [-0.25, -0.2) is 0 Å². The Hall–Kier alpha value is -1.77. The first kappa shape index (κ1) is 20.5. The number of carbonyl (C=O) groups excluding carboxylic acids is 2. The van der Waals surface area contributed by atoms with Crippen molar-refractivity contribution >= 4 is 52.5 Å². The lowest BCUT2D eigenvalue weighted by atomic mass is 10.3. The molecule has 2 amide bonds. The van der Waals surface area contributed by atoms with E-state index in [9.17, 15) is 9.59 Å². The van der Waals surface area contributed by atoms with Gasteiger partial charge in [-0.2, -0.15) is 0 Å². The molecule has 1 atom stereocenters. The fourth-order valence-electron chi connectivity index (χ4n) is 2.18. The summed E-state index contributed by atoms with van der Waals surface area (Å²) >= 11 is 13.3. The quantitative estimate of drug-likeness (QED) is 0.644. The van der Waals surface area contributed by atoms with E-state index in [1.54, 1.807) is 25.1 Å². The molecule has 0 fully saturated rings. The molecule has 1 heterocycles. The van der Waals surface area contributed by atoms with Gasteiger partial charge in [0.2, 0.25) is 11.8 Å². The van der Waals surface area contributed by atoms with Crippen molar-refractivity contribution < 1.29 is 9.59 Å². The number of hydrogen-bond acceptors (Lipinski definition) is 5. The molecule has 0 aliphatic heterocycles. The number of nitrogens with two attached hydrogens (primary N) is 1. The van der Waals surface area contributed by atoms with Crippen LogP contribution >= 0.6 is 35.0 Å². The second-order valence-corrected chi connectivity index (χ2v) is 7.63. The number of thioether (sulfide) groups is 1. The van der Waals surface area contributed by atoms with Gasteiger partial charge in [0.15, 0.2) is 5.16 Å². The van der Waals surface area contributed by atoms with Crippen molar-refractivity contribution in [2.75, 3.05) is 5.32 Å². The van der Waals surface area contributed by atoms with E-state index in [2.05, 4.69) is 15.5 Å². The van der Waals surface area contributed by atoms with Crippen LogP contribution in [-0.4, -0.2) is 31.8 Å². The predicted octanol–water partition coefficient (Wildman–Crippen LogP) is 3.14. The Morgan fingerprint density at radius 1 is 1.35 bits per heavy atom. The first-order valence-electron chi connectivity index (χ1n) is 7.94. The number of anilines is 1. The molecule has 1 aromatic carbocycles. The second-order valence-electron chi connectivity index (χ2n) is 5.48. The Balaban J connectivity index is 2.06. The molecule has 0 aliphatic rings. The largest absolute Gasteiger partial charge is 0.370 e. The minimum atomic E-state index is -0.441. The molecule has 0 saturated heterocycles. The fraction of sp³-hybridized carbons (Fsp3) is 0.375. The maximum Gasteiger partial charge on any atom is 0.237 e. The van der Waals surface area contributed by atoms with Crippen molar-refractivity contribution in [3.63, 3.8) is 0 Å². The van der Waals surface area contributed by atoms with Crippen LogP contribution < -0.4 is 11.1 Å². The average Bonchev–Trinajstić information content (AvgIpc) is 2.97. The molecule has 0 saturated carbocycles. The zero-order chi connectivity index (χ0) is 19.3. The molecule has 26 heavy (non-hydrogen) atoms. The third-order valence-electron chi connectivity index (χ3n) is 3.54. The number of aryl methyl sites for hydroxylation is 1. The van der Waals surface area contributed by atoms with Crippen molar-refractivity contribution in [1.82, 2.24) is 14.8 Å². The van der Waals surface area contributed by atoms with Crippen LogP contribution in [0.15, 0.2) is 23.4 Å². The van der Waals surface area contributed by atoms with Crippen molar-refractivity contribution in [3.05, 3.63) is 34.1 Å². The summed E-state index contributed by atoms with van der Waals surface area (Å²) in [5.41, 5.74) is 5.63. The minimum absolute atomic E-state index is 0.201. The van der Waals surface area contributed by atoms with Gasteiger partial charge in [0, 0.05) is 24.4 Å². The summed E-state index contributed by atoms with van der Waals surface area (Å²) in [5.74, 6) is 0.0406. The standard InChI is InChI=1S/C16H19Cl2N5O2S/c1-3-23-14(7-6-13(19)24)21-22-16(23)26-9(2)15(25)20-12-8-10(17)4-5-11(12)18/h4-5,8-9H,3,6-7H2,1-2H3,(H2,19,24)(H,20,25)/t9-/m0/s1. The predicted molar refractivity (Wildman–Crippen MR) is 104 cm³/mol. The second kappa shape index (κ2) is 9.25. The fourth-order valence-corrected chi connectivity index (χ4v) is 3.45. The third-order valence-corrected chi connectivity index (χ3v) is 5.19. The van der Waals surface area contributed by atoms with Crippen molar-refractivity contribution in [1.29, 1.82) is 0 Å². The summed E-state index contributed by atoms with van der Waals surface area (Å²) in [4.78, 5) is 23.4. The van der Waals surface area contributed by atoms with E-state index < -0.39 is 11.2 Å². The maximum atomic E-state index is 12.4. The molecule has 140 valence electrons. The van der Waals surface area contributed by atoms with Gasteiger partial charge in [-0.15, -0.1) is 10.2 Å². The first-order chi connectivity index (χ1) is 12.3. The van der Waals surface area contributed by atoms with Gasteiger partial charge in [0.05, 0.1) is 16.0 Å². The van der Waals surface area contributed by atoms with Crippen LogP contribution in [0.4, 0.5) is 5.69 Å². The number of nitrogens with one attached hydrogen (secondary N) is 1. The van der Waals surface area contributed by atoms with Gasteiger partial charge in [0.1, 0.15) is 5.82 Å². The summed E-state index contributed by atoms with van der Waals surface area (Å²) < 4.78 is 1.86. The topological polar surface area (TPSA) is 103 Å². The number of amides is 2. The van der Waals surface area contributed by atoms with Gasteiger partial charge in [0.25, 0.3) is 0 Å². The molecule has 3 N–H and O–H groups in total. The van der Waals surface area contributed by atoms with Crippen LogP contribution in [0, 0.1) is 0 Å². The van der Waals surface area contributed by atoms with E-state index in [1.807, 2.05) is 11.5 Å². The highest BCUT2D eigenvalue weighted by Gasteiger charge is 2.20. The third kappa shape index (κ3) is 5.36. The molecular weight excluding hydrogens is 397 g/mol. The molecule has 0 bridgehead atoms. The Bertz CT molecular complexity index is 812. The van der Waals surface area contributed by atoms with Crippen molar-refractivity contribution in [2.24, 2.45) is 5.73 Å². The minimum Gasteiger partial charge on any atom is -0.370 e. The summed E-state index contributed by atoms with van der Waals surface area (Å²) in [5, 5.41) is 12.0. The monoisotopic (exact) mass is 415 g/mol. The van der Waals surface area contributed by atoms with Crippen LogP contribution in [0.1, 0.15) is 26.1 Å². The lowest BCUT2D eigenvalue weighted by molar-refractivity contribution is -0.118. The van der Waals surface area contributed by atoms with Gasteiger partial charge in [-0.1, -0.05) is 35.0 Å². The van der Waals surface area contributed by atoms with Crippen LogP contribution in [0.25, 0.3) is 0 Å². The molecule has 2 aromatic rings. The molecule has 0 spiro atoms. The number of benzene rings is 1. The maximum absolute atomic E-state index is 12.4. The summed E-state index contributed by atoms with van der Waals surface area (Å²) in [7, 11) is 0. The Labute approximate surface area is 165 Å². The smallest absolute Gasteiger partial charge is 0.237 e. The SMILES string of the molecule is CCn1c(CCC(N)=O)nnc1S[C@@H](C)C(=O)Nc1cc(Cl)ccc1Cl. The van der Waals surface area contributed by atoms with E-state index in [0.717, 1.165) is 0 Å². The first-order valence-corrected chi connectivity index (χ1v) is 9.58. The van der Waals surface area contributed by atoms with E-state index in [1.165, 1.54) is 11.8 Å². The van der Waals surface area contributed by atoms with E-state index >= 15 is 0 Å². The number of aromatic nitrogens is 3. The Morgan fingerprint density at radius 3 is 2.73 bits per heavy atom. The molecule has 0 aliphatic carbocycles. The van der Waals surface area contributed by atoms with Crippen LogP contribution in [0.3, 0.4) is 0 Å². The zero-order valence-corrected chi connectivity index (χ0v) is 16.7. The average molecular weight is 416 g/mol. The molecule has 7 nitrogen and oxygen atoms in total. The van der Waals surface area contributed by atoms with Crippen LogP contribution in [0.5, 0.6) is 0 Å². The normalized spacial score (nSPS) is 12.0. The number of nitrogens with zero attached hydrogens (tertiary/aromatic N) is 3. The lowest BCUT2D eigenvalue weighted by Gasteiger charge is -2.13. The lowest BCUT2D eigenvalue weighted by Crippen LogP contribution is -2.23. The number of rotatable bonds is 8. The molecule has 2 rings (SSSR count). The summed E-state index contributed by atoms with van der Waals surface area (Å²) in [6, 6.07) is 4.86. The summed E-state index contributed by atoms with van der Waals surface area (Å²) in [6.45, 7) is 4.33. The highest BCUT2D eigenvalue weighted by atomic mass is 35.5. The van der Waals surface area contributed by atoms with Crippen LogP contribution in [0.2, 0.25) is 10.0 Å². The van der Waals surface area contributed by atoms with Gasteiger partial charge in [-0.3, -0.25) is 9.59 Å². The zero-order valence-electron chi connectivity index (χ0n) is 14.3. The molecule has 0 unspecified atom stereocenters. The number of carbonyl (C=O) groups is 2. The Kier molecular flexibility index (Phi) is 7.31. The molecular formula is C16H19Cl2N5O2S. The van der Waals surface area contributed by atoms with Crippen LogP contribution in [-0.2, 0) is 22.6 Å². The van der Waals surface area contributed by atoms with Crippen molar-refractivity contribution in [2.45, 2.75) is 43.6 Å². The van der Waals surface area contributed by atoms with Gasteiger partial charge < -0.3 is 15.6 Å². The van der Waals surface area contributed by atoms with Gasteiger partial charge in [-0.05, 0) is 32.0 Å². The Morgan fingerprint density at radius 2 is 2.08 bits per heavy atom. The molecule has 10 heteroatoms. The summed E-state index contributed by atoms with van der Waals surface area (Å²) in [6.07, 6.45) is 0.613. The van der Waals surface area contributed by atoms with Gasteiger partial charge >= 0.3 is 0 Å². The van der Waals surface area contributed by atoms with E-state index in [-0.39, 0.29) is 12.3 Å². The number of halogens is 2. The molecule has 0 radical (unpaired) electrons. The molecule has 1 aromatic heterocycles. The highest BCUT2D eigenvalue weighted by Crippen LogP contribution is 2.28. The van der Waals surface area contributed by atoms with E-state index in [0.29, 0.717) is 39.7 Å². The van der Waals surface area contributed by atoms with E-state index in [4.69, 9.17) is 28.9 Å². The van der Waals surface area contributed by atoms with Crippen molar-refractivity contribution in [3.8, 4) is 0 Å². The highest BCUT2D eigenvalue weighted by molar-refractivity contribution is 8.00.